The summed E-state index contributed by atoms with van der Waals surface area (Å²) < 4.78 is 0. The van der Waals surface area contributed by atoms with Gasteiger partial charge in [-0.15, -0.1) is 0 Å². The van der Waals surface area contributed by atoms with Crippen molar-refractivity contribution in [3.63, 3.8) is 0 Å². The molecule has 10 heteroatoms. The molecule has 1 fully saturated rings. The SMILES string of the molecule is CC(NC(=O)C1CCCN1)C(=O)NC(CO)C(=O)NC(C(=O)O)C(C)C. The second-order valence-corrected chi connectivity index (χ2v) is 6.69. The monoisotopic (exact) mass is 372 g/mol. The average Bonchev–Trinajstić information content (AvgIpc) is 3.10. The molecule has 0 aromatic rings. The number of rotatable bonds is 9. The summed E-state index contributed by atoms with van der Waals surface area (Å²) in [4.78, 5) is 47.4. The van der Waals surface area contributed by atoms with Crippen LogP contribution >= 0.6 is 0 Å². The second kappa shape index (κ2) is 10.1. The van der Waals surface area contributed by atoms with Gasteiger partial charge in [-0.3, -0.25) is 14.4 Å². The van der Waals surface area contributed by atoms with E-state index < -0.39 is 42.5 Å². The van der Waals surface area contributed by atoms with E-state index in [-0.39, 0.29) is 17.9 Å². The molecule has 26 heavy (non-hydrogen) atoms. The van der Waals surface area contributed by atoms with Gasteiger partial charge in [0.15, 0.2) is 0 Å². The van der Waals surface area contributed by atoms with Crippen LogP contribution in [0.1, 0.15) is 33.6 Å². The van der Waals surface area contributed by atoms with Gasteiger partial charge in [0.1, 0.15) is 18.1 Å². The number of carbonyl (C=O) groups excluding carboxylic acids is 3. The lowest BCUT2D eigenvalue weighted by atomic mass is 10.0. The Morgan fingerprint density at radius 1 is 1.08 bits per heavy atom. The Bertz CT molecular complexity index is 533. The zero-order valence-corrected chi connectivity index (χ0v) is 15.2. The Morgan fingerprint density at radius 3 is 2.19 bits per heavy atom. The molecule has 1 rings (SSSR count). The first-order valence-corrected chi connectivity index (χ1v) is 8.65. The fraction of sp³-hybridized carbons (Fsp3) is 0.750. The van der Waals surface area contributed by atoms with Crippen molar-refractivity contribution in [1.82, 2.24) is 21.3 Å². The summed E-state index contributed by atoms with van der Waals surface area (Å²) in [6, 6.07) is -3.71. The van der Waals surface area contributed by atoms with Crippen molar-refractivity contribution in [1.29, 1.82) is 0 Å². The number of carbonyl (C=O) groups is 4. The summed E-state index contributed by atoms with van der Waals surface area (Å²) in [5.74, 6) is -3.34. The molecular formula is C16H28N4O6. The predicted molar refractivity (Wildman–Crippen MR) is 92.1 cm³/mol. The summed E-state index contributed by atoms with van der Waals surface area (Å²) in [6.45, 7) is 4.75. The van der Waals surface area contributed by atoms with Crippen LogP contribution in [0.2, 0.25) is 0 Å². The minimum Gasteiger partial charge on any atom is -0.480 e. The van der Waals surface area contributed by atoms with E-state index in [1.54, 1.807) is 13.8 Å². The van der Waals surface area contributed by atoms with Gasteiger partial charge in [0.25, 0.3) is 0 Å². The van der Waals surface area contributed by atoms with Gasteiger partial charge in [-0.25, -0.2) is 4.79 Å². The van der Waals surface area contributed by atoms with Gasteiger partial charge in [0.2, 0.25) is 17.7 Å². The van der Waals surface area contributed by atoms with Crippen LogP contribution in [0.3, 0.4) is 0 Å². The first-order chi connectivity index (χ1) is 12.2. The van der Waals surface area contributed by atoms with Crippen LogP contribution < -0.4 is 21.3 Å². The third kappa shape index (κ3) is 6.26. The largest absolute Gasteiger partial charge is 0.480 e. The Kier molecular flexibility index (Phi) is 8.46. The van der Waals surface area contributed by atoms with E-state index in [1.807, 2.05) is 0 Å². The number of amides is 3. The highest BCUT2D eigenvalue weighted by Crippen LogP contribution is 2.05. The normalized spacial score (nSPS) is 20.1. The standard InChI is InChI=1S/C16H28N4O6/c1-8(2)12(16(25)26)20-15(24)11(7-21)19-13(22)9(3)18-14(23)10-5-4-6-17-10/h8-12,17,21H,4-7H2,1-3H3,(H,18,23)(H,19,22)(H,20,24)(H,25,26). The topological polar surface area (TPSA) is 157 Å². The van der Waals surface area contributed by atoms with Gasteiger partial charge in [-0.05, 0) is 32.2 Å². The molecule has 1 saturated heterocycles. The highest BCUT2D eigenvalue weighted by molar-refractivity contribution is 5.94. The maximum Gasteiger partial charge on any atom is 0.326 e. The van der Waals surface area contributed by atoms with Gasteiger partial charge in [-0.2, -0.15) is 0 Å². The van der Waals surface area contributed by atoms with Crippen molar-refractivity contribution in [3.8, 4) is 0 Å². The maximum atomic E-state index is 12.2. The molecule has 0 saturated carbocycles. The average molecular weight is 372 g/mol. The number of carboxylic acid groups (broad SMARTS) is 1. The van der Waals surface area contributed by atoms with E-state index in [4.69, 9.17) is 5.11 Å². The Hall–Kier alpha value is -2.20. The molecule has 0 aliphatic carbocycles. The van der Waals surface area contributed by atoms with Crippen LogP contribution in [0.15, 0.2) is 0 Å². The molecule has 4 unspecified atom stereocenters. The molecule has 0 spiro atoms. The molecule has 4 atom stereocenters. The summed E-state index contributed by atoms with van der Waals surface area (Å²) in [7, 11) is 0. The van der Waals surface area contributed by atoms with Gasteiger partial charge < -0.3 is 31.5 Å². The number of nitrogens with one attached hydrogen (secondary N) is 4. The summed E-state index contributed by atoms with van der Waals surface area (Å²) in [5.41, 5.74) is 0. The van der Waals surface area contributed by atoms with Gasteiger partial charge in [0.05, 0.1) is 12.6 Å². The fourth-order valence-electron chi connectivity index (χ4n) is 2.55. The molecule has 1 aliphatic rings. The molecule has 1 heterocycles. The first-order valence-electron chi connectivity index (χ1n) is 8.65. The number of hydrogen-bond acceptors (Lipinski definition) is 6. The molecule has 10 nitrogen and oxygen atoms in total. The predicted octanol–water partition coefficient (Wildman–Crippen LogP) is -2.05. The Balaban J connectivity index is 2.58. The molecule has 0 radical (unpaired) electrons. The lowest BCUT2D eigenvalue weighted by Crippen LogP contribution is -2.58. The molecule has 1 aliphatic heterocycles. The van der Waals surface area contributed by atoms with Crippen molar-refractivity contribution in [2.24, 2.45) is 5.92 Å². The zero-order chi connectivity index (χ0) is 19.9. The van der Waals surface area contributed by atoms with Crippen LogP contribution in [0.4, 0.5) is 0 Å². The highest BCUT2D eigenvalue weighted by atomic mass is 16.4. The second-order valence-electron chi connectivity index (χ2n) is 6.69. The van der Waals surface area contributed by atoms with Crippen molar-refractivity contribution < 1.29 is 29.4 Å². The van der Waals surface area contributed by atoms with Gasteiger partial charge >= 0.3 is 5.97 Å². The van der Waals surface area contributed by atoms with Crippen molar-refractivity contribution in [2.75, 3.05) is 13.2 Å². The van der Waals surface area contributed by atoms with E-state index in [0.29, 0.717) is 6.42 Å². The van der Waals surface area contributed by atoms with Crippen LogP contribution in [0.25, 0.3) is 0 Å². The number of aliphatic hydroxyl groups excluding tert-OH is 1. The molecule has 6 N–H and O–H groups in total. The number of carboxylic acids is 1. The fourth-order valence-corrected chi connectivity index (χ4v) is 2.55. The van der Waals surface area contributed by atoms with E-state index in [9.17, 15) is 24.3 Å². The zero-order valence-electron chi connectivity index (χ0n) is 15.2. The molecule has 0 aromatic carbocycles. The smallest absolute Gasteiger partial charge is 0.326 e. The number of aliphatic carboxylic acids is 1. The lowest BCUT2D eigenvalue weighted by Gasteiger charge is -2.23. The highest BCUT2D eigenvalue weighted by Gasteiger charge is 2.30. The van der Waals surface area contributed by atoms with Crippen molar-refractivity contribution >= 4 is 23.7 Å². The number of hydrogen-bond donors (Lipinski definition) is 6. The van der Waals surface area contributed by atoms with Crippen molar-refractivity contribution in [3.05, 3.63) is 0 Å². The van der Waals surface area contributed by atoms with Crippen LogP contribution in [-0.2, 0) is 19.2 Å². The molecule has 0 bridgehead atoms. The van der Waals surface area contributed by atoms with Crippen LogP contribution in [0, 0.1) is 5.92 Å². The Labute approximate surface area is 152 Å². The minimum absolute atomic E-state index is 0.305. The first kappa shape index (κ1) is 21.8. The summed E-state index contributed by atoms with van der Waals surface area (Å²) >= 11 is 0. The van der Waals surface area contributed by atoms with E-state index in [2.05, 4.69) is 21.3 Å². The minimum atomic E-state index is -1.31. The molecular weight excluding hydrogens is 344 g/mol. The van der Waals surface area contributed by atoms with E-state index in [0.717, 1.165) is 13.0 Å². The Morgan fingerprint density at radius 2 is 1.73 bits per heavy atom. The van der Waals surface area contributed by atoms with Gasteiger partial charge in [0, 0.05) is 0 Å². The number of aliphatic hydroxyl groups is 1. The molecule has 3 amide bonds. The lowest BCUT2D eigenvalue weighted by molar-refractivity contribution is -0.143. The van der Waals surface area contributed by atoms with E-state index >= 15 is 0 Å². The summed E-state index contributed by atoms with van der Waals surface area (Å²) in [5, 5.41) is 28.6. The third-order valence-electron chi connectivity index (χ3n) is 4.17. The van der Waals surface area contributed by atoms with Crippen LogP contribution in [-0.4, -0.2) is 71.2 Å². The van der Waals surface area contributed by atoms with Crippen molar-refractivity contribution in [2.45, 2.75) is 57.8 Å². The van der Waals surface area contributed by atoms with Gasteiger partial charge in [-0.1, -0.05) is 13.8 Å². The van der Waals surface area contributed by atoms with Crippen LogP contribution in [0.5, 0.6) is 0 Å². The maximum absolute atomic E-state index is 12.2. The third-order valence-corrected chi connectivity index (χ3v) is 4.17. The quantitative estimate of drug-likeness (QED) is 0.272. The molecule has 0 aromatic heterocycles. The summed E-state index contributed by atoms with van der Waals surface area (Å²) in [6.07, 6.45) is 1.57. The van der Waals surface area contributed by atoms with E-state index in [1.165, 1.54) is 6.92 Å². The molecule has 148 valence electrons.